The van der Waals surface area contributed by atoms with Crippen LogP contribution in [0.3, 0.4) is 0 Å². The van der Waals surface area contributed by atoms with Crippen LogP contribution in [0.4, 0.5) is 0 Å². The van der Waals surface area contributed by atoms with Crippen LogP contribution in [-0.2, 0) is 4.74 Å². The lowest BCUT2D eigenvalue weighted by atomic mass is 9.99. The summed E-state index contributed by atoms with van der Waals surface area (Å²) in [6, 6.07) is 2.00. The normalized spacial score (nSPS) is 21.1. The van der Waals surface area contributed by atoms with Gasteiger partial charge < -0.3 is 15.2 Å². The molecule has 19 heavy (non-hydrogen) atoms. The summed E-state index contributed by atoms with van der Waals surface area (Å²) in [7, 11) is 0. The maximum atomic E-state index is 6.23. The van der Waals surface area contributed by atoms with Gasteiger partial charge in [-0.15, -0.1) is 0 Å². The molecule has 106 valence electrons. The van der Waals surface area contributed by atoms with Gasteiger partial charge in [-0.05, 0) is 50.7 Å². The predicted molar refractivity (Wildman–Crippen MR) is 75.2 cm³/mol. The van der Waals surface area contributed by atoms with Crippen molar-refractivity contribution in [2.45, 2.75) is 51.2 Å². The first kappa shape index (κ1) is 14.3. The Morgan fingerprint density at radius 3 is 3.11 bits per heavy atom. The average Bonchev–Trinajstić information content (AvgIpc) is 2.46. The first-order valence-electron chi connectivity index (χ1n) is 7.24. The van der Waals surface area contributed by atoms with Crippen LogP contribution in [0.1, 0.15) is 50.6 Å². The van der Waals surface area contributed by atoms with Crippen molar-refractivity contribution in [2.24, 2.45) is 5.73 Å². The molecule has 0 spiro atoms. The molecule has 1 fully saturated rings. The van der Waals surface area contributed by atoms with Crippen LogP contribution >= 0.6 is 0 Å². The molecule has 1 aliphatic heterocycles. The number of nitrogens with two attached hydrogens (primary N) is 1. The Bertz CT molecular complexity index is 378. The molecule has 4 heteroatoms. The summed E-state index contributed by atoms with van der Waals surface area (Å²) < 4.78 is 11.2. The number of nitrogens with zero attached hydrogens (tertiary/aromatic N) is 1. The zero-order chi connectivity index (χ0) is 13.5. The van der Waals surface area contributed by atoms with E-state index in [4.69, 9.17) is 15.2 Å². The molecule has 2 unspecified atom stereocenters. The molecule has 1 aliphatic rings. The first-order chi connectivity index (χ1) is 9.29. The molecule has 2 heterocycles. The molecular weight excluding hydrogens is 240 g/mol. The third-order valence-corrected chi connectivity index (χ3v) is 3.55. The second kappa shape index (κ2) is 7.46. The Kier molecular flexibility index (Phi) is 5.61. The van der Waals surface area contributed by atoms with E-state index < -0.39 is 0 Å². The maximum Gasteiger partial charge on any atom is 0.137 e. The van der Waals surface area contributed by atoms with Crippen molar-refractivity contribution < 1.29 is 9.47 Å². The van der Waals surface area contributed by atoms with E-state index in [2.05, 4.69) is 4.98 Å². The van der Waals surface area contributed by atoms with Gasteiger partial charge in [-0.1, -0.05) is 0 Å². The van der Waals surface area contributed by atoms with Crippen molar-refractivity contribution in [1.29, 1.82) is 0 Å². The highest BCUT2D eigenvalue weighted by Gasteiger charge is 2.16. The van der Waals surface area contributed by atoms with E-state index in [0.717, 1.165) is 30.8 Å². The predicted octanol–water partition coefficient (Wildman–Crippen LogP) is 2.83. The highest BCUT2D eigenvalue weighted by Crippen LogP contribution is 2.23. The molecule has 0 amide bonds. The average molecular weight is 264 g/mol. The first-order valence-corrected chi connectivity index (χ1v) is 7.24. The van der Waals surface area contributed by atoms with Crippen LogP contribution in [0.2, 0.25) is 0 Å². The van der Waals surface area contributed by atoms with Gasteiger partial charge in [0.25, 0.3) is 0 Å². The smallest absolute Gasteiger partial charge is 0.137 e. The van der Waals surface area contributed by atoms with Gasteiger partial charge >= 0.3 is 0 Å². The summed E-state index contributed by atoms with van der Waals surface area (Å²) in [5.41, 5.74) is 7.27. The molecule has 2 atom stereocenters. The van der Waals surface area contributed by atoms with E-state index in [9.17, 15) is 0 Å². The van der Waals surface area contributed by atoms with E-state index >= 15 is 0 Å². The molecule has 0 aromatic carbocycles. The van der Waals surface area contributed by atoms with Crippen molar-refractivity contribution in [2.75, 3.05) is 13.2 Å². The van der Waals surface area contributed by atoms with Gasteiger partial charge in [0.1, 0.15) is 5.75 Å². The Morgan fingerprint density at radius 2 is 2.37 bits per heavy atom. The van der Waals surface area contributed by atoms with Gasteiger partial charge in [-0.3, -0.25) is 4.98 Å². The Labute approximate surface area is 115 Å². The van der Waals surface area contributed by atoms with Crippen LogP contribution in [0.25, 0.3) is 0 Å². The quantitative estimate of drug-likeness (QED) is 0.858. The third kappa shape index (κ3) is 4.48. The summed E-state index contributed by atoms with van der Waals surface area (Å²) in [6.07, 6.45) is 9.55. The molecule has 0 saturated carbocycles. The van der Waals surface area contributed by atoms with Crippen LogP contribution in [0.5, 0.6) is 5.75 Å². The summed E-state index contributed by atoms with van der Waals surface area (Å²) >= 11 is 0. The second-order valence-electron chi connectivity index (χ2n) is 5.06. The zero-order valence-corrected chi connectivity index (χ0v) is 11.7. The number of hydrogen-bond acceptors (Lipinski definition) is 4. The standard InChI is InChI=1S/C15H24N2O2/c1-2-18-14-9-12(10-17-11-14)15(16)7-6-13-5-3-4-8-19-13/h9-11,13,15H,2-8,16H2,1H3. The van der Waals surface area contributed by atoms with Gasteiger partial charge in [0.05, 0.1) is 18.9 Å². The zero-order valence-electron chi connectivity index (χ0n) is 11.7. The minimum absolute atomic E-state index is 0.0124. The molecule has 4 nitrogen and oxygen atoms in total. The summed E-state index contributed by atoms with van der Waals surface area (Å²) in [5.74, 6) is 0.796. The number of rotatable bonds is 6. The molecule has 2 rings (SSSR count). The minimum atomic E-state index is 0.0124. The minimum Gasteiger partial charge on any atom is -0.492 e. The molecular formula is C15H24N2O2. The highest BCUT2D eigenvalue weighted by molar-refractivity contribution is 5.25. The van der Waals surface area contributed by atoms with Crippen molar-refractivity contribution in [1.82, 2.24) is 4.98 Å². The lowest BCUT2D eigenvalue weighted by molar-refractivity contribution is 0.00912. The number of ether oxygens (including phenoxy) is 2. The van der Waals surface area contributed by atoms with Crippen LogP contribution in [-0.4, -0.2) is 24.3 Å². The van der Waals surface area contributed by atoms with Gasteiger partial charge in [-0.2, -0.15) is 0 Å². The summed E-state index contributed by atoms with van der Waals surface area (Å²) in [4.78, 5) is 4.18. The number of aromatic nitrogens is 1. The monoisotopic (exact) mass is 264 g/mol. The second-order valence-corrected chi connectivity index (χ2v) is 5.06. The highest BCUT2D eigenvalue weighted by atomic mass is 16.5. The Morgan fingerprint density at radius 1 is 1.47 bits per heavy atom. The molecule has 0 aliphatic carbocycles. The molecule has 1 saturated heterocycles. The fourth-order valence-corrected chi connectivity index (χ4v) is 2.45. The molecule has 2 N–H and O–H groups in total. The van der Waals surface area contributed by atoms with Crippen molar-refractivity contribution in [3.8, 4) is 5.75 Å². The maximum absolute atomic E-state index is 6.23. The van der Waals surface area contributed by atoms with E-state index in [1.165, 1.54) is 19.3 Å². The third-order valence-electron chi connectivity index (χ3n) is 3.55. The van der Waals surface area contributed by atoms with Gasteiger partial charge in [0.15, 0.2) is 0 Å². The van der Waals surface area contributed by atoms with Crippen molar-refractivity contribution >= 4 is 0 Å². The fraction of sp³-hybridized carbons (Fsp3) is 0.667. The Balaban J connectivity index is 1.84. The SMILES string of the molecule is CCOc1cncc(C(N)CCC2CCCCO2)c1. The molecule has 1 aromatic heterocycles. The molecule has 0 bridgehead atoms. The summed E-state index contributed by atoms with van der Waals surface area (Å²) in [5, 5.41) is 0. The largest absolute Gasteiger partial charge is 0.492 e. The van der Waals surface area contributed by atoms with E-state index in [-0.39, 0.29) is 6.04 Å². The van der Waals surface area contributed by atoms with Crippen molar-refractivity contribution in [3.63, 3.8) is 0 Å². The van der Waals surface area contributed by atoms with Crippen LogP contribution in [0.15, 0.2) is 18.5 Å². The van der Waals surface area contributed by atoms with E-state index in [0.29, 0.717) is 12.7 Å². The number of pyridine rings is 1. The topological polar surface area (TPSA) is 57.4 Å². The number of hydrogen-bond donors (Lipinski definition) is 1. The van der Waals surface area contributed by atoms with Gasteiger partial charge in [0, 0.05) is 18.8 Å². The Hall–Kier alpha value is -1.13. The van der Waals surface area contributed by atoms with E-state index in [1.807, 2.05) is 19.2 Å². The lowest BCUT2D eigenvalue weighted by Gasteiger charge is -2.23. The van der Waals surface area contributed by atoms with Gasteiger partial charge in [-0.25, -0.2) is 0 Å². The summed E-state index contributed by atoms with van der Waals surface area (Å²) in [6.45, 7) is 3.52. The van der Waals surface area contributed by atoms with Crippen LogP contribution < -0.4 is 10.5 Å². The van der Waals surface area contributed by atoms with Gasteiger partial charge in [0.2, 0.25) is 0 Å². The van der Waals surface area contributed by atoms with Crippen LogP contribution in [0, 0.1) is 0 Å². The van der Waals surface area contributed by atoms with Crippen molar-refractivity contribution in [3.05, 3.63) is 24.0 Å². The van der Waals surface area contributed by atoms with E-state index in [1.54, 1.807) is 6.20 Å². The molecule has 0 radical (unpaired) electrons. The fourth-order valence-electron chi connectivity index (χ4n) is 2.45. The lowest BCUT2D eigenvalue weighted by Crippen LogP contribution is -2.21. The molecule has 1 aromatic rings.